The van der Waals surface area contributed by atoms with Crippen LogP contribution in [0.15, 0.2) is 30.3 Å². The molecule has 11 nitrogen and oxygen atoms in total. The fourth-order valence-corrected chi connectivity index (χ4v) is 3.78. The lowest BCUT2D eigenvalue weighted by Crippen LogP contribution is -2.57. The molecule has 4 amide bonds. The Bertz CT molecular complexity index is 1030. The van der Waals surface area contributed by atoms with Gasteiger partial charge in [-0.1, -0.05) is 44.2 Å². The third kappa shape index (κ3) is 15.1. The highest BCUT2D eigenvalue weighted by atomic mass is 16.6. The molecule has 1 rings (SSSR count). The van der Waals surface area contributed by atoms with Gasteiger partial charge in [-0.15, -0.1) is 0 Å². The number of hydrogen-bond acceptors (Lipinski definition) is 7. The first-order valence-electron chi connectivity index (χ1n) is 14.0. The summed E-state index contributed by atoms with van der Waals surface area (Å²) in [5.74, 6) is -2.14. The minimum Gasteiger partial charge on any atom is -0.458 e. The largest absolute Gasteiger partial charge is 0.458 e. The van der Waals surface area contributed by atoms with Gasteiger partial charge in [0.1, 0.15) is 29.3 Å². The first-order valence-corrected chi connectivity index (χ1v) is 14.0. The van der Waals surface area contributed by atoms with Crippen LogP contribution in [0.3, 0.4) is 0 Å². The van der Waals surface area contributed by atoms with Gasteiger partial charge in [-0.2, -0.15) is 0 Å². The zero-order valence-electron chi connectivity index (χ0n) is 25.9. The van der Waals surface area contributed by atoms with Crippen molar-refractivity contribution in [3.8, 4) is 0 Å². The summed E-state index contributed by atoms with van der Waals surface area (Å²) in [5, 5.41) is 10.5. The minimum absolute atomic E-state index is 0.00248. The van der Waals surface area contributed by atoms with Crippen LogP contribution in [0, 0.1) is 5.92 Å². The van der Waals surface area contributed by atoms with E-state index >= 15 is 0 Å². The van der Waals surface area contributed by atoms with Crippen LogP contribution in [-0.2, 0) is 35.1 Å². The lowest BCUT2D eigenvalue weighted by Gasteiger charge is -2.28. The van der Waals surface area contributed by atoms with Crippen LogP contribution in [0.1, 0.15) is 80.2 Å². The molecule has 230 valence electrons. The molecule has 4 N–H and O–H groups in total. The Morgan fingerprint density at radius 1 is 0.756 bits per heavy atom. The second kappa shape index (κ2) is 16.0. The smallest absolute Gasteiger partial charge is 0.408 e. The van der Waals surface area contributed by atoms with Gasteiger partial charge in [-0.05, 0) is 65.9 Å². The van der Waals surface area contributed by atoms with Crippen molar-refractivity contribution in [3.63, 3.8) is 0 Å². The maximum atomic E-state index is 13.6. The van der Waals surface area contributed by atoms with Crippen molar-refractivity contribution in [1.82, 2.24) is 21.3 Å². The summed E-state index contributed by atoms with van der Waals surface area (Å²) in [6.07, 6.45) is -0.343. The van der Waals surface area contributed by atoms with Gasteiger partial charge in [-0.25, -0.2) is 9.59 Å². The van der Waals surface area contributed by atoms with Crippen molar-refractivity contribution in [3.05, 3.63) is 35.9 Å². The van der Waals surface area contributed by atoms with Gasteiger partial charge in [-0.3, -0.25) is 14.4 Å². The number of nitrogens with one attached hydrogen (secondary N) is 4. The Morgan fingerprint density at radius 3 is 1.80 bits per heavy atom. The SMILES string of the molecule is CNC(=O)CC[C@H](NC(=O)[C@H](Cc1ccccc1)NC(=O)[C@H](CC(C)C)NC(=O)OC(C)(C)C)C(=O)OC(C)(C)C. The highest BCUT2D eigenvalue weighted by Gasteiger charge is 2.33. The van der Waals surface area contributed by atoms with Gasteiger partial charge in [0, 0.05) is 19.9 Å². The number of carbonyl (C=O) groups is 5. The van der Waals surface area contributed by atoms with Crippen molar-refractivity contribution in [2.45, 2.75) is 110 Å². The second-order valence-corrected chi connectivity index (χ2v) is 12.4. The Kier molecular flexibility index (Phi) is 13.8. The minimum atomic E-state index is -1.12. The van der Waals surface area contributed by atoms with E-state index in [1.807, 2.05) is 44.2 Å². The van der Waals surface area contributed by atoms with Crippen LogP contribution in [0.4, 0.5) is 4.79 Å². The average molecular weight is 577 g/mol. The number of rotatable bonds is 13. The third-order valence-electron chi connectivity index (χ3n) is 5.58. The fourth-order valence-electron chi connectivity index (χ4n) is 3.78. The number of amides is 4. The number of benzene rings is 1. The van der Waals surface area contributed by atoms with E-state index in [-0.39, 0.29) is 31.1 Å². The zero-order chi connectivity index (χ0) is 31.4. The molecule has 1 aromatic rings. The van der Waals surface area contributed by atoms with E-state index in [1.165, 1.54) is 7.05 Å². The van der Waals surface area contributed by atoms with Crippen LogP contribution >= 0.6 is 0 Å². The molecule has 0 fully saturated rings. The topological polar surface area (TPSA) is 152 Å². The van der Waals surface area contributed by atoms with Gasteiger partial charge in [0.15, 0.2) is 0 Å². The van der Waals surface area contributed by atoms with Crippen LogP contribution in [0.5, 0.6) is 0 Å². The maximum absolute atomic E-state index is 13.6. The first kappa shape index (κ1) is 35.4. The quantitative estimate of drug-likeness (QED) is 0.264. The Morgan fingerprint density at radius 2 is 1.29 bits per heavy atom. The molecule has 0 unspecified atom stereocenters. The molecule has 0 heterocycles. The summed E-state index contributed by atoms with van der Waals surface area (Å²) in [7, 11) is 1.48. The molecule has 11 heteroatoms. The third-order valence-corrected chi connectivity index (χ3v) is 5.58. The van der Waals surface area contributed by atoms with Gasteiger partial charge >= 0.3 is 12.1 Å². The molecule has 3 atom stereocenters. The van der Waals surface area contributed by atoms with Crippen LogP contribution < -0.4 is 21.3 Å². The predicted molar refractivity (Wildman–Crippen MR) is 156 cm³/mol. The normalized spacial score (nSPS) is 13.8. The molecule has 0 aliphatic rings. The van der Waals surface area contributed by atoms with Gasteiger partial charge in [0.2, 0.25) is 17.7 Å². The monoisotopic (exact) mass is 576 g/mol. The molecule has 0 aliphatic heterocycles. The van der Waals surface area contributed by atoms with Gasteiger partial charge < -0.3 is 30.7 Å². The van der Waals surface area contributed by atoms with Crippen molar-refractivity contribution in [2.75, 3.05) is 7.05 Å². The van der Waals surface area contributed by atoms with E-state index < -0.39 is 53.2 Å². The molecule has 0 aromatic heterocycles. The van der Waals surface area contributed by atoms with Crippen molar-refractivity contribution >= 4 is 29.8 Å². The molecular formula is C30H48N4O7. The van der Waals surface area contributed by atoms with Gasteiger partial charge in [0.25, 0.3) is 0 Å². The summed E-state index contributed by atoms with van der Waals surface area (Å²) in [6, 6.07) is 5.89. The summed E-state index contributed by atoms with van der Waals surface area (Å²) in [6.45, 7) is 14.1. The summed E-state index contributed by atoms with van der Waals surface area (Å²) >= 11 is 0. The fraction of sp³-hybridized carbons (Fsp3) is 0.633. The van der Waals surface area contributed by atoms with E-state index in [1.54, 1.807) is 41.5 Å². The average Bonchev–Trinajstić information content (AvgIpc) is 2.83. The van der Waals surface area contributed by atoms with E-state index in [0.717, 1.165) is 5.56 Å². The molecule has 0 aliphatic carbocycles. The number of carbonyl (C=O) groups excluding carboxylic acids is 5. The molecular weight excluding hydrogens is 528 g/mol. The standard InChI is InChI=1S/C30H48N4O7/c1-19(2)17-22(34-28(39)41-30(6,7)8)25(36)33-23(18-20-13-11-10-12-14-20)26(37)32-21(15-16-24(35)31-9)27(38)40-29(3,4)5/h10-14,19,21-23H,15-18H2,1-9H3,(H,31,35)(H,32,37)(H,33,36)(H,34,39)/t21-,22-,23-/m0/s1. The highest BCUT2D eigenvalue weighted by molar-refractivity contribution is 5.93. The van der Waals surface area contributed by atoms with Crippen molar-refractivity contribution in [1.29, 1.82) is 0 Å². The number of ether oxygens (including phenoxy) is 2. The molecule has 0 saturated heterocycles. The first-order chi connectivity index (χ1) is 18.9. The number of alkyl carbamates (subject to hydrolysis) is 1. The van der Waals surface area contributed by atoms with E-state index in [0.29, 0.717) is 6.42 Å². The number of esters is 1. The van der Waals surface area contributed by atoms with Crippen molar-refractivity contribution < 1.29 is 33.4 Å². The Balaban J connectivity index is 3.24. The molecule has 0 radical (unpaired) electrons. The Hall–Kier alpha value is -3.63. The van der Waals surface area contributed by atoms with Gasteiger partial charge in [0.05, 0.1) is 0 Å². The molecule has 0 saturated carbocycles. The number of hydrogen-bond donors (Lipinski definition) is 4. The van der Waals surface area contributed by atoms with E-state index in [2.05, 4.69) is 21.3 Å². The van der Waals surface area contributed by atoms with E-state index in [9.17, 15) is 24.0 Å². The molecule has 1 aromatic carbocycles. The summed E-state index contributed by atoms with van der Waals surface area (Å²) in [5.41, 5.74) is -0.806. The van der Waals surface area contributed by atoms with Crippen LogP contribution in [0.25, 0.3) is 0 Å². The molecule has 41 heavy (non-hydrogen) atoms. The lowest BCUT2D eigenvalue weighted by molar-refractivity contribution is -0.159. The molecule has 0 bridgehead atoms. The van der Waals surface area contributed by atoms with E-state index in [4.69, 9.17) is 9.47 Å². The van der Waals surface area contributed by atoms with Crippen molar-refractivity contribution in [2.24, 2.45) is 5.92 Å². The van der Waals surface area contributed by atoms with Crippen LogP contribution in [-0.4, -0.2) is 66.2 Å². The maximum Gasteiger partial charge on any atom is 0.408 e. The molecule has 0 spiro atoms. The van der Waals surface area contributed by atoms with Crippen LogP contribution in [0.2, 0.25) is 0 Å². The zero-order valence-corrected chi connectivity index (χ0v) is 25.9. The highest BCUT2D eigenvalue weighted by Crippen LogP contribution is 2.13. The second-order valence-electron chi connectivity index (χ2n) is 12.4. The lowest BCUT2D eigenvalue weighted by atomic mass is 10.0. The predicted octanol–water partition coefficient (Wildman–Crippen LogP) is 3.01. The summed E-state index contributed by atoms with van der Waals surface area (Å²) in [4.78, 5) is 64.3. The Labute approximate surface area is 243 Å². The summed E-state index contributed by atoms with van der Waals surface area (Å²) < 4.78 is 10.8.